The van der Waals surface area contributed by atoms with Crippen LogP contribution in [0.5, 0.6) is 5.75 Å². The van der Waals surface area contributed by atoms with Crippen molar-refractivity contribution in [3.8, 4) is 5.75 Å². The maximum absolute atomic E-state index is 9.63. The molecule has 0 aliphatic rings. The molecule has 1 N–H and O–H groups in total. The van der Waals surface area contributed by atoms with Gasteiger partial charge in [0.05, 0.1) is 6.10 Å². The van der Waals surface area contributed by atoms with Crippen molar-refractivity contribution in [2.75, 3.05) is 6.61 Å². The highest BCUT2D eigenvalue weighted by atomic mass is 79.9. The summed E-state index contributed by atoms with van der Waals surface area (Å²) in [6.45, 7) is 8.15. The number of ether oxygens (including phenoxy) is 1. The molecule has 2 nitrogen and oxygen atoms in total. The predicted octanol–water partition coefficient (Wildman–Crippen LogP) is 3.85. The van der Waals surface area contributed by atoms with Gasteiger partial charge in [-0.1, -0.05) is 29.4 Å². The van der Waals surface area contributed by atoms with Crippen LogP contribution < -0.4 is 4.74 Å². The van der Waals surface area contributed by atoms with E-state index in [2.05, 4.69) is 22.5 Å². The molecule has 0 amide bonds. The number of hydrogen-bond donors (Lipinski definition) is 1. The minimum absolute atomic E-state index is 0.498. The molecule has 1 rings (SSSR count). The van der Waals surface area contributed by atoms with Crippen molar-refractivity contribution in [2.24, 2.45) is 0 Å². The van der Waals surface area contributed by atoms with Gasteiger partial charge in [0, 0.05) is 10.0 Å². The van der Waals surface area contributed by atoms with E-state index < -0.39 is 6.10 Å². The maximum atomic E-state index is 9.63. The lowest BCUT2D eigenvalue weighted by atomic mass is 10.1. The Morgan fingerprint density at radius 3 is 2.81 bits per heavy atom. The third-order valence-corrected chi connectivity index (χ3v) is 2.85. The molecule has 0 fully saturated rings. The largest absolute Gasteiger partial charge is 0.489 e. The maximum Gasteiger partial charge on any atom is 0.125 e. The van der Waals surface area contributed by atoms with Crippen molar-refractivity contribution in [3.63, 3.8) is 0 Å². The molecule has 1 atom stereocenters. The van der Waals surface area contributed by atoms with Crippen LogP contribution in [0.3, 0.4) is 0 Å². The Morgan fingerprint density at radius 2 is 2.25 bits per heavy atom. The lowest BCUT2D eigenvalue weighted by Gasteiger charge is -2.14. The number of hydrogen-bond acceptors (Lipinski definition) is 2. The monoisotopic (exact) mass is 284 g/mol. The summed E-state index contributed by atoms with van der Waals surface area (Å²) >= 11 is 3.37. The van der Waals surface area contributed by atoms with Crippen molar-refractivity contribution < 1.29 is 9.84 Å². The van der Waals surface area contributed by atoms with Gasteiger partial charge in [-0.15, -0.1) is 0 Å². The van der Waals surface area contributed by atoms with E-state index in [1.807, 2.05) is 25.1 Å². The molecular weight excluding hydrogens is 268 g/mol. The molecule has 1 aromatic carbocycles. The third kappa shape index (κ3) is 3.65. The number of aliphatic hydroxyl groups is 1. The summed E-state index contributed by atoms with van der Waals surface area (Å²) in [6, 6.07) is 5.62. The molecule has 88 valence electrons. The van der Waals surface area contributed by atoms with Gasteiger partial charge in [-0.05, 0) is 37.1 Å². The van der Waals surface area contributed by atoms with E-state index in [0.717, 1.165) is 22.0 Å². The highest BCUT2D eigenvalue weighted by Gasteiger charge is 2.09. The van der Waals surface area contributed by atoms with Gasteiger partial charge in [-0.2, -0.15) is 0 Å². The smallest absolute Gasteiger partial charge is 0.125 e. The van der Waals surface area contributed by atoms with Gasteiger partial charge in [0.2, 0.25) is 0 Å². The van der Waals surface area contributed by atoms with Crippen molar-refractivity contribution in [1.82, 2.24) is 0 Å². The average Bonchev–Trinajstić information content (AvgIpc) is 2.26. The van der Waals surface area contributed by atoms with Crippen LogP contribution in [0.2, 0.25) is 0 Å². The molecule has 0 bridgehead atoms. The molecule has 0 aliphatic heterocycles. The molecule has 0 saturated heterocycles. The van der Waals surface area contributed by atoms with Crippen molar-refractivity contribution in [1.29, 1.82) is 0 Å². The average molecular weight is 285 g/mol. The van der Waals surface area contributed by atoms with Crippen LogP contribution >= 0.6 is 15.9 Å². The first-order valence-electron chi connectivity index (χ1n) is 5.31. The molecule has 3 heteroatoms. The molecule has 1 aromatic rings. The van der Waals surface area contributed by atoms with Crippen LogP contribution in [0, 0.1) is 0 Å². The highest BCUT2D eigenvalue weighted by Crippen LogP contribution is 2.28. The van der Waals surface area contributed by atoms with Gasteiger partial charge in [-0.25, -0.2) is 0 Å². The van der Waals surface area contributed by atoms with Crippen LogP contribution in [0.1, 0.15) is 31.9 Å². The molecule has 0 radical (unpaired) electrons. The fourth-order valence-electron chi connectivity index (χ4n) is 1.26. The van der Waals surface area contributed by atoms with Crippen molar-refractivity contribution >= 4 is 15.9 Å². The minimum Gasteiger partial charge on any atom is -0.489 e. The predicted molar refractivity (Wildman–Crippen MR) is 69.7 cm³/mol. The van der Waals surface area contributed by atoms with E-state index >= 15 is 0 Å². The van der Waals surface area contributed by atoms with Gasteiger partial charge in [-0.3, -0.25) is 0 Å². The lowest BCUT2D eigenvalue weighted by molar-refractivity contribution is 0.192. The Labute approximate surface area is 105 Å². The minimum atomic E-state index is -0.539. The Kier molecular flexibility index (Phi) is 5.03. The number of halogens is 1. The summed E-state index contributed by atoms with van der Waals surface area (Å²) in [5.41, 5.74) is 1.83. The summed E-state index contributed by atoms with van der Waals surface area (Å²) in [6.07, 6.45) is 0.364. The third-order valence-electron chi connectivity index (χ3n) is 2.35. The van der Waals surface area contributed by atoms with Crippen LogP contribution in [0.15, 0.2) is 34.8 Å². The SMILES string of the molecule is C=C(CC)COc1ccc(Br)cc1[C@@H](C)O. The van der Waals surface area contributed by atoms with E-state index in [4.69, 9.17) is 4.74 Å². The molecule has 0 heterocycles. The molecule has 16 heavy (non-hydrogen) atoms. The second-order valence-corrected chi connectivity index (χ2v) is 4.67. The Bertz CT molecular complexity index is 372. The van der Waals surface area contributed by atoms with Gasteiger partial charge in [0.25, 0.3) is 0 Å². The van der Waals surface area contributed by atoms with Crippen LogP contribution in [0.4, 0.5) is 0 Å². The first kappa shape index (κ1) is 13.3. The van der Waals surface area contributed by atoms with Crippen molar-refractivity contribution in [2.45, 2.75) is 26.4 Å². The van der Waals surface area contributed by atoms with E-state index in [1.165, 1.54) is 0 Å². The molecular formula is C13H17BrO2. The van der Waals surface area contributed by atoms with Gasteiger partial charge in [0.15, 0.2) is 0 Å². The number of rotatable bonds is 5. The van der Waals surface area contributed by atoms with E-state index in [-0.39, 0.29) is 0 Å². The first-order valence-corrected chi connectivity index (χ1v) is 6.10. The second kappa shape index (κ2) is 6.06. The van der Waals surface area contributed by atoms with E-state index in [9.17, 15) is 5.11 Å². The normalized spacial score (nSPS) is 12.2. The number of benzene rings is 1. The molecule has 0 saturated carbocycles. The van der Waals surface area contributed by atoms with Crippen LogP contribution in [0.25, 0.3) is 0 Å². The van der Waals surface area contributed by atoms with Crippen molar-refractivity contribution in [3.05, 3.63) is 40.4 Å². The van der Waals surface area contributed by atoms with E-state index in [1.54, 1.807) is 6.92 Å². The summed E-state index contributed by atoms with van der Waals surface area (Å²) in [7, 11) is 0. The standard InChI is InChI=1S/C13H17BrO2/c1-4-9(2)8-16-13-6-5-11(14)7-12(13)10(3)15/h5-7,10,15H,2,4,8H2,1,3H3/t10-/m1/s1. The topological polar surface area (TPSA) is 29.5 Å². The van der Waals surface area contributed by atoms with Gasteiger partial charge in [0.1, 0.15) is 12.4 Å². The van der Waals surface area contributed by atoms with Gasteiger partial charge < -0.3 is 9.84 Å². The summed E-state index contributed by atoms with van der Waals surface area (Å²) in [5, 5.41) is 9.63. The summed E-state index contributed by atoms with van der Waals surface area (Å²) < 4.78 is 6.56. The highest BCUT2D eigenvalue weighted by molar-refractivity contribution is 9.10. The molecule has 0 unspecified atom stereocenters. The Balaban J connectivity index is 2.82. The van der Waals surface area contributed by atoms with Gasteiger partial charge >= 0.3 is 0 Å². The Morgan fingerprint density at radius 1 is 1.56 bits per heavy atom. The van der Waals surface area contributed by atoms with E-state index in [0.29, 0.717) is 12.4 Å². The summed E-state index contributed by atoms with van der Waals surface area (Å²) in [4.78, 5) is 0. The van der Waals surface area contributed by atoms with Crippen LogP contribution in [-0.4, -0.2) is 11.7 Å². The molecule has 0 aromatic heterocycles. The lowest BCUT2D eigenvalue weighted by Crippen LogP contribution is -2.03. The Hall–Kier alpha value is -0.800. The fourth-order valence-corrected chi connectivity index (χ4v) is 1.64. The second-order valence-electron chi connectivity index (χ2n) is 3.75. The zero-order chi connectivity index (χ0) is 12.1. The molecule has 0 aliphatic carbocycles. The zero-order valence-electron chi connectivity index (χ0n) is 9.66. The number of aliphatic hydroxyl groups excluding tert-OH is 1. The zero-order valence-corrected chi connectivity index (χ0v) is 11.3. The fraction of sp³-hybridized carbons (Fsp3) is 0.385. The molecule has 0 spiro atoms. The summed E-state index contributed by atoms with van der Waals surface area (Å²) in [5.74, 6) is 0.716. The van der Waals surface area contributed by atoms with Crippen LogP contribution in [-0.2, 0) is 0 Å². The first-order chi connectivity index (χ1) is 7.54. The quantitative estimate of drug-likeness (QED) is 0.833.